The van der Waals surface area contributed by atoms with E-state index in [0.29, 0.717) is 10.7 Å². The van der Waals surface area contributed by atoms with Crippen LogP contribution in [0.25, 0.3) is 0 Å². The van der Waals surface area contributed by atoms with Crippen LogP contribution in [0.1, 0.15) is 22.0 Å². The number of piperazine rings is 1. The minimum absolute atomic E-state index is 0.239. The lowest BCUT2D eigenvalue weighted by atomic mass is 10.2. The molecule has 27 heavy (non-hydrogen) atoms. The summed E-state index contributed by atoms with van der Waals surface area (Å²) >= 11 is 1.28. The van der Waals surface area contributed by atoms with Crippen molar-refractivity contribution in [3.8, 4) is 0 Å². The summed E-state index contributed by atoms with van der Waals surface area (Å²) in [6.07, 6.45) is 1.59. The lowest BCUT2D eigenvalue weighted by Crippen LogP contribution is -2.46. The van der Waals surface area contributed by atoms with Gasteiger partial charge in [-0.2, -0.15) is 5.10 Å². The molecule has 2 N–H and O–H groups in total. The van der Waals surface area contributed by atoms with Crippen LogP contribution in [0.3, 0.4) is 0 Å². The van der Waals surface area contributed by atoms with Gasteiger partial charge in [0.05, 0.1) is 12.1 Å². The molecule has 10 nitrogen and oxygen atoms in total. The Labute approximate surface area is 159 Å². The molecule has 0 saturated carbocycles. The first kappa shape index (κ1) is 17.5. The van der Waals surface area contributed by atoms with E-state index in [1.807, 2.05) is 13.0 Å². The minimum Gasteiger partial charge on any atom is -0.354 e. The summed E-state index contributed by atoms with van der Waals surface area (Å²) in [5.41, 5.74) is 2.06. The molecule has 11 heteroatoms. The fraction of sp³-hybridized carbons (Fsp3) is 0.375. The standard InChI is InChI=1S/C16H19N9OS/c1-11-19-13(22-21-11)9-24-4-6-25(7-5-24)14-3-2-12(8-17-14)15(26)20-16-23-18-10-27-16/h2-3,8,10H,4-7,9H2,1H3,(H,19,21,22)(H,20,23,26). The van der Waals surface area contributed by atoms with Crippen LogP contribution in [-0.4, -0.2) is 67.3 Å². The molecule has 1 fully saturated rings. The predicted octanol–water partition coefficient (Wildman–Crippen LogP) is 0.934. The van der Waals surface area contributed by atoms with Gasteiger partial charge in [0.15, 0.2) is 5.82 Å². The normalized spacial score (nSPS) is 15.1. The van der Waals surface area contributed by atoms with Crippen molar-refractivity contribution in [3.63, 3.8) is 0 Å². The molecule has 1 aliphatic heterocycles. The van der Waals surface area contributed by atoms with Gasteiger partial charge < -0.3 is 4.90 Å². The second kappa shape index (κ2) is 7.76. The number of carbonyl (C=O) groups excluding carboxylic acids is 1. The van der Waals surface area contributed by atoms with Crippen molar-refractivity contribution in [1.29, 1.82) is 0 Å². The SMILES string of the molecule is Cc1nc(CN2CCN(c3ccc(C(=O)Nc4nncs4)cn3)CC2)n[nH]1. The summed E-state index contributed by atoms with van der Waals surface area (Å²) < 4.78 is 0. The van der Waals surface area contributed by atoms with Gasteiger partial charge in [0.1, 0.15) is 17.2 Å². The number of anilines is 2. The smallest absolute Gasteiger partial charge is 0.259 e. The Bertz CT molecular complexity index is 885. The molecular formula is C16H19N9OS. The average Bonchev–Trinajstić information content (AvgIpc) is 3.34. The van der Waals surface area contributed by atoms with Crippen LogP contribution in [0, 0.1) is 6.92 Å². The topological polar surface area (TPSA) is 116 Å². The first-order chi connectivity index (χ1) is 13.2. The lowest BCUT2D eigenvalue weighted by molar-refractivity contribution is 0.102. The number of aryl methyl sites for hydroxylation is 1. The third-order valence-electron chi connectivity index (χ3n) is 4.30. The van der Waals surface area contributed by atoms with E-state index in [2.05, 4.69) is 45.5 Å². The van der Waals surface area contributed by atoms with Crippen LogP contribution in [0.2, 0.25) is 0 Å². The molecule has 0 radical (unpaired) electrons. The Hall–Kier alpha value is -2.92. The number of amides is 1. The first-order valence-corrected chi connectivity index (χ1v) is 9.44. The molecule has 0 aromatic carbocycles. The van der Waals surface area contributed by atoms with Crippen LogP contribution in [-0.2, 0) is 6.54 Å². The highest BCUT2D eigenvalue weighted by Crippen LogP contribution is 2.16. The van der Waals surface area contributed by atoms with E-state index >= 15 is 0 Å². The van der Waals surface area contributed by atoms with E-state index in [9.17, 15) is 4.79 Å². The van der Waals surface area contributed by atoms with Gasteiger partial charge in [-0.15, -0.1) is 10.2 Å². The third kappa shape index (κ3) is 4.26. The number of H-pyrrole nitrogens is 1. The maximum absolute atomic E-state index is 12.2. The molecule has 1 saturated heterocycles. The number of nitrogens with one attached hydrogen (secondary N) is 2. The quantitative estimate of drug-likeness (QED) is 0.666. The van der Waals surface area contributed by atoms with E-state index in [1.54, 1.807) is 17.8 Å². The van der Waals surface area contributed by atoms with Gasteiger partial charge in [0.2, 0.25) is 5.13 Å². The number of carbonyl (C=O) groups is 1. The maximum Gasteiger partial charge on any atom is 0.259 e. The van der Waals surface area contributed by atoms with Crippen molar-refractivity contribution >= 4 is 28.2 Å². The summed E-state index contributed by atoms with van der Waals surface area (Å²) in [6, 6.07) is 3.66. The van der Waals surface area contributed by atoms with E-state index in [1.165, 1.54) is 11.3 Å². The highest BCUT2D eigenvalue weighted by molar-refractivity contribution is 7.13. The lowest BCUT2D eigenvalue weighted by Gasteiger charge is -2.34. The summed E-state index contributed by atoms with van der Waals surface area (Å²) in [7, 11) is 0. The summed E-state index contributed by atoms with van der Waals surface area (Å²) in [5, 5.41) is 17.7. The molecule has 3 aromatic heterocycles. The van der Waals surface area contributed by atoms with Crippen LogP contribution in [0.4, 0.5) is 10.9 Å². The van der Waals surface area contributed by atoms with Gasteiger partial charge in [0.25, 0.3) is 5.91 Å². The molecule has 140 valence electrons. The zero-order valence-electron chi connectivity index (χ0n) is 14.8. The van der Waals surface area contributed by atoms with Gasteiger partial charge in [0, 0.05) is 32.4 Å². The number of rotatable bonds is 5. The summed E-state index contributed by atoms with van der Waals surface area (Å²) in [5.74, 6) is 2.29. The van der Waals surface area contributed by atoms with Crippen LogP contribution >= 0.6 is 11.3 Å². The number of nitrogens with zero attached hydrogens (tertiary/aromatic N) is 7. The van der Waals surface area contributed by atoms with Crippen molar-refractivity contribution in [1.82, 2.24) is 35.3 Å². The van der Waals surface area contributed by atoms with Crippen molar-refractivity contribution in [2.24, 2.45) is 0 Å². The zero-order chi connectivity index (χ0) is 18.6. The Morgan fingerprint density at radius 3 is 2.78 bits per heavy atom. The monoisotopic (exact) mass is 385 g/mol. The summed E-state index contributed by atoms with van der Waals surface area (Å²) in [6.45, 7) is 6.21. The van der Waals surface area contributed by atoms with Crippen molar-refractivity contribution < 1.29 is 4.79 Å². The molecule has 0 spiro atoms. The van der Waals surface area contributed by atoms with Crippen molar-refractivity contribution in [3.05, 3.63) is 41.1 Å². The Morgan fingerprint density at radius 1 is 1.30 bits per heavy atom. The average molecular weight is 385 g/mol. The third-order valence-corrected chi connectivity index (χ3v) is 4.90. The Morgan fingerprint density at radius 2 is 2.15 bits per heavy atom. The van der Waals surface area contributed by atoms with Crippen LogP contribution in [0.15, 0.2) is 23.8 Å². The van der Waals surface area contributed by atoms with Crippen molar-refractivity contribution in [2.45, 2.75) is 13.5 Å². The molecule has 1 amide bonds. The number of hydrogen-bond donors (Lipinski definition) is 2. The highest BCUT2D eigenvalue weighted by atomic mass is 32.1. The number of aromatic amines is 1. The minimum atomic E-state index is -0.239. The molecule has 3 aromatic rings. The van der Waals surface area contributed by atoms with Gasteiger partial charge in [-0.25, -0.2) is 9.97 Å². The molecule has 4 heterocycles. The molecule has 0 unspecified atom stereocenters. The zero-order valence-corrected chi connectivity index (χ0v) is 15.6. The van der Waals surface area contributed by atoms with E-state index in [0.717, 1.165) is 50.2 Å². The predicted molar refractivity (Wildman–Crippen MR) is 101 cm³/mol. The fourth-order valence-electron chi connectivity index (χ4n) is 2.90. The summed E-state index contributed by atoms with van der Waals surface area (Å²) in [4.78, 5) is 25.5. The van der Waals surface area contributed by atoms with Gasteiger partial charge in [-0.1, -0.05) is 11.3 Å². The Balaban J connectivity index is 1.31. The van der Waals surface area contributed by atoms with Gasteiger partial charge in [-0.05, 0) is 19.1 Å². The number of pyridine rings is 1. The second-order valence-electron chi connectivity index (χ2n) is 6.20. The molecule has 0 aliphatic carbocycles. The van der Waals surface area contributed by atoms with Gasteiger partial charge in [-0.3, -0.25) is 20.1 Å². The second-order valence-corrected chi connectivity index (χ2v) is 7.04. The van der Waals surface area contributed by atoms with Gasteiger partial charge >= 0.3 is 0 Å². The fourth-order valence-corrected chi connectivity index (χ4v) is 3.34. The molecule has 0 atom stereocenters. The first-order valence-electron chi connectivity index (χ1n) is 8.56. The number of hydrogen-bond acceptors (Lipinski definition) is 9. The Kier molecular flexibility index (Phi) is 5.03. The molecular weight excluding hydrogens is 366 g/mol. The van der Waals surface area contributed by atoms with Crippen molar-refractivity contribution in [2.75, 3.05) is 36.4 Å². The largest absolute Gasteiger partial charge is 0.354 e. The molecule has 1 aliphatic rings. The van der Waals surface area contributed by atoms with Crippen LogP contribution < -0.4 is 10.2 Å². The molecule has 0 bridgehead atoms. The highest BCUT2D eigenvalue weighted by Gasteiger charge is 2.19. The van der Waals surface area contributed by atoms with E-state index in [-0.39, 0.29) is 5.91 Å². The van der Waals surface area contributed by atoms with E-state index < -0.39 is 0 Å². The maximum atomic E-state index is 12.2. The van der Waals surface area contributed by atoms with Crippen LogP contribution in [0.5, 0.6) is 0 Å². The molecule has 4 rings (SSSR count). The number of aromatic nitrogens is 6. The van der Waals surface area contributed by atoms with E-state index in [4.69, 9.17) is 0 Å².